The van der Waals surface area contributed by atoms with Gasteiger partial charge in [0.05, 0.1) is 11.7 Å². The second-order valence-electron chi connectivity index (χ2n) is 5.86. The van der Waals surface area contributed by atoms with Gasteiger partial charge in [-0.15, -0.1) is 0 Å². The maximum atomic E-state index is 6.34. The molecule has 0 spiro atoms. The van der Waals surface area contributed by atoms with E-state index in [1.165, 1.54) is 5.56 Å². The fourth-order valence-corrected chi connectivity index (χ4v) is 2.81. The van der Waals surface area contributed by atoms with E-state index in [0.29, 0.717) is 0 Å². The van der Waals surface area contributed by atoms with Crippen LogP contribution in [0.5, 0.6) is 0 Å². The van der Waals surface area contributed by atoms with Gasteiger partial charge < -0.3 is 16.2 Å². The molecule has 1 aromatic carbocycles. The molecule has 0 bridgehead atoms. The van der Waals surface area contributed by atoms with Crippen molar-refractivity contribution in [3.8, 4) is 0 Å². The minimum absolute atomic E-state index is 0.0424. The molecule has 0 radical (unpaired) electrons. The van der Waals surface area contributed by atoms with E-state index in [9.17, 15) is 0 Å². The zero-order valence-corrected chi connectivity index (χ0v) is 12.0. The van der Waals surface area contributed by atoms with E-state index in [0.717, 1.165) is 25.7 Å². The van der Waals surface area contributed by atoms with E-state index >= 15 is 0 Å². The van der Waals surface area contributed by atoms with Crippen LogP contribution in [-0.2, 0) is 11.2 Å². The minimum atomic E-state index is -0.225. The van der Waals surface area contributed by atoms with E-state index in [1.54, 1.807) is 0 Å². The lowest BCUT2D eigenvalue weighted by molar-refractivity contribution is -0.138. The molecule has 0 saturated carbocycles. The molecule has 3 nitrogen and oxygen atoms in total. The largest absolute Gasteiger partial charge is 0.369 e. The van der Waals surface area contributed by atoms with Crippen molar-refractivity contribution < 1.29 is 4.74 Å². The fourth-order valence-electron chi connectivity index (χ4n) is 2.81. The third kappa shape index (κ3) is 3.35. The third-order valence-electron chi connectivity index (χ3n) is 4.46. The maximum absolute atomic E-state index is 6.34. The molecule has 4 N–H and O–H groups in total. The number of rotatable bonds is 4. The molecule has 1 aliphatic rings. The van der Waals surface area contributed by atoms with Crippen LogP contribution >= 0.6 is 0 Å². The number of benzene rings is 1. The van der Waals surface area contributed by atoms with Crippen LogP contribution in [0.25, 0.3) is 0 Å². The van der Waals surface area contributed by atoms with Crippen molar-refractivity contribution in [3.63, 3.8) is 0 Å². The second kappa shape index (κ2) is 6.04. The van der Waals surface area contributed by atoms with Crippen molar-refractivity contribution in [1.82, 2.24) is 0 Å². The summed E-state index contributed by atoms with van der Waals surface area (Å²) in [5.74, 6) is 0. The maximum Gasteiger partial charge on any atom is 0.0806 e. The lowest BCUT2D eigenvalue weighted by Crippen LogP contribution is -2.57. The Morgan fingerprint density at radius 2 is 2.00 bits per heavy atom. The summed E-state index contributed by atoms with van der Waals surface area (Å²) in [6, 6.07) is 10.5. The summed E-state index contributed by atoms with van der Waals surface area (Å²) in [7, 11) is 0. The first-order valence-electron chi connectivity index (χ1n) is 7.28. The molecule has 3 heteroatoms. The number of hydrogen-bond acceptors (Lipinski definition) is 3. The van der Waals surface area contributed by atoms with Gasteiger partial charge in [-0.1, -0.05) is 37.3 Å². The molecule has 0 aliphatic carbocycles. The molecule has 4 atom stereocenters. The summed E-state index contributed by atoms with van der Waals surface area (Å²) in [5.41, 5.74) is 13.6. The van der Waals surface area contributed by atoms with E-state index in [-0.39, 0.29) is 23.8 Å². The Bertz CT molecular complexity index is 395. The van der Waals surface area contributed by atoms with Gasteiger partial charge in [-0.25, -0.2) is 0 Å². The quantitative estimate of drug-likeness (QED) is 0.874. The highest BCUT2D eigenvalue weighted by molar-refractivity contribution is 5.16. The second-order valence-corrected chi connectivity index (χ2v) is 5.86. The van der Waals surface area contributed by atoms with E-state index in [2.05, 4.69) is 38.1 Å². The van der Waals surface area contributed by atoms with Crippen LogP contribution in [0.4, 0.5) is 0 Å². The standard InChI is InChI=1S/C16H26N2O/c1-3-16(2)15(18)10-9-14(19-16)13(17)11-12-7-5-4-6-8-12/h4-8,13-15H,3,9-11,17-18H2,1-2H3/t13?,14?,15-,16?/m1/s1. The van der Waals surface area contributed by atoms with Gasteiger partial charge in [-0.05, 0) is 38.2 Å². The molecule has 2 rings (SSSR count). The van der Waals surface area contributed by atoms with Gasteiger partial charge in [0, 0.05) is 12.1 Å². The molecular formula is C16H26N2O. The molecule has 0 amide bonds. The van der Waals surface area contributed by atoms with Crippen LogP contribution in [-0.4, -0.2) is 23.8 Å². The SMILES string of the molecule is CCC1(C)OC(C(N)Cc2ccccc2)CC[C@H]1N. The Labute approximate surface area is 116 Å². The molecular weight excluding hydrogens is 236 g/mol. The molecule has 1 fully saturated rings. The van der Waals surface area contributed by atoms with Crippen molar-refractivity contribution in [3.05, 3.63) is 35.9 Å². The van der Waals surface area contributed by atoms with Crippen molar-refractivity contribution >= 4 is 0 Å². The van der Waals surface area contributed by atoms with Crippen LogP contribution < -0.4 is 11.5 Å². The van der Waals surface area contributed by atoms with Gasteiger partial charge in [0.15, 0.2) is 0 Å². The van der Waals surface area contributed by atoms with Gasteiger partial charge >= 0.3 is 0 Å². The van der Waals surface area contributed by atoms with Crippen molar-refractivity contribution in [2.24, 2.45) is 11.5 Å². The Balaban J connectivity index is 1.98. The Morgan fingerprint density at radius 1 is 1.32 bits per heavy atom. The van der Waals surface area contributed by atoms with E-state index in [4.69, 9.17) is 16.2 Å². The summed E-state index contributed by atoms with van der Waals surface area (Å²) < 4.78 is 6.22. The molecule has 1 aliphatic heterocycles. The summed E-state index contributed by atoms with van der Waals surface area (Å²) in [6.07, 6.45) is 3.87. The van der Waals surface area contributed by atoms with Gasteiger partial charge in [-0.2, -0.15) is 0 Å². The zero-order valence-electron chi connectivity index (χ0n) is 12.0. The molecule has 3 unspecified atom stereocenters. The summed E-state index contributed by atoms with van der Waals surface area (Å²) >= 11 is 0. The Hall–Kier alpha value is -0.900. The average molecular weight is 262 g/mol. The first kappa shape index (κ1) is 14.5. The minimum Gasteiger partial charge on any atom is -0.369 e. The predicted molar refractivity (Wildman–Crippen MR) is 78.9 cm³/mol. The van der Waals surface area contributed by atoms with Gasteiger partial charge in [0.25, 0.3) is 0 Å². The third-order valence-corrected chi connectivity index (χ3v) is 4.46. The Morgan fingerprint density at radius 3 is 2.63 bits per heavy atom. The molecule has 1 aromatic rings. The van der Waals surface area contributed by atoms with Crippen LogP contribution in [0.15, 0.2) is 30.3 Å². The first-order chi connectivity index (χ1) is 9.05. The summed E-state index contributed by atoms with van der Waals surface area (Å²) in [6.45, 7) is 4.24. The van der Waals surface area contributed by atoms with Crippen LogP contribution in [0.2, 0.25) is 0 Å². The number of ether oxygens (including phenoxy) is 1. The van der Waals surface area contributed by atoms with Gasteiger partial charge in [-0.3, -0.25) is 0 Å². The van der Waals surface area contributed by atoms with Gasteiger partial charge in [0.1, 0.15) is 0 Å². The van der Waals surface area contributed by atoms with Crippen LogP contribution in [0.1, 0.15) is 38.7 Å². The predicted octanol–water partition coefficient (Wildman–Crippen LogP) is 2.23. The zero-order chi connectivity index (χ0) is 13.9. The highest BCUT2D eigenvalue weighted by atomic mass is 16.5. The highest BCUT2D eigenvalue weighted by Gasteiger charge is 2.39. The summed E-state index contributed by atoms with van der Waals surface area (Å²) in [4.78, 5) is 0. The Kier molecular flexibility index (Phi) is 4.61. The van der Waals surface area contributed by atoms with Gasteiger partial charge in [0.2, 0.25) is 0 Å². The van der Waals surface area contributed by atoms with Crippen molar-refractivity contribution in [2.75, 3.05) is 0 Å². The van der Waals surface area contributed by atoms with Crippen LogP contribution in [0.3, 0.4) is 0 Å². The van der Waals surface area contributed by atoms with Crippen molar-refractivity contribution in [1.29, 1.82) is 0 Å². The first-order valence-corrected chi connectivity index (χ1v) is 7.28. The fraction of sp³-hybridized carbons (Fsp3) is 0.625. The topological polar surface area (TPSA) is 61.3 Å². The average Bonchev–Trinajstić information content (AvgIpc) is 2.43. The normalized spacial score (nSPS) is 33.1. The molecule has 0 aromatic heterocycles. The highest BCUT2D eigenvalue weighted by Crippen LogP contribution is 2.31. The monoisotopic (exact) mass is 262 g/mol. The van der Waals surface area contributed by atoms with E-state index in [1.807, 2.05) is 6.07 Å². The number of hydrogen-bond donors (Lipinski definition) is 2. The van der Waals surface area contributed by atoms with Crippen molar-refractivity contribution in [2.45, 2.75) is 63.3 Å². The molecule has 19 heavy (non-hydrogen) atoms. The molecule has 1 heterocycles. The summed E-state index contributed by atoms with van der Waals surface area (Å²) in [5, 5.41) is 0. The number of nitrogens with two attached hydrogens (primary N) is 2. The molecule has 106 valence electrons. The molecule has 1 saturated heterocycles. The lowest BCUT2D eigenvalue weighted by Gasteiger charge is -2.44. The lowest BCUT2D eigenvalue weighted by atomic mass is 9.84. The van der Waals surface area contributed by atoms with Crippen LogP contribution in [0, 0.1) is 0 Å². The smallest absolute Gasteiger partial charge is 0.0806 e. The van der Waals surface area contributed by atoms with E-state index < -0.39 is 0 Å².